The SMILES string of the molecule is C=CS(=O)(=O)c1ccc(S(=O)(=O)c2ccc(COC(N)=O)s2)cc1. The van der Waals surface area contributed by atoms with Crippen LogP contribution in [0.1, 0.15) is 4.88 Å². The Morgan fingerprint density at radius 1 is 1.08 bits per heavy atom. The third-order valence-corrected chi connectivity index (χ3v) is 7.63. The van der Waals surface area contributed by atoms with Crippen LogP contribution in [0.2, 0.25) is 0 Å². The van der Waals surface area contributed by atoms with Gasteiger partial charge in [-0.15, -0.1) is 11.3 Å². The molecule has 0 saturated heterocycles. The van der Waals surface area contributed by atoms with Gasteiger partial charge in [0.15, 0.2) is 9.84 Å². The van der Waals surface area contributed by atoms with Crippen LogP contribution in [0.4, 0.5) is 4.79 Å². The van der Waals surface area contributed by atoms with Gasteiger partial charge in [-0.25, -0.2) is 21.6 Å². The number of amides is 1. The summed E-state index contributed by atoms with van der Waals surface area (Å²) in [5, 5.41) is 0.792. The average molecular weight is 387 g/mol. The number of benzene rings is 1. The minimum Gasteiger partial charge on any atom is -0.444 e. The van der Waals surface area contributed by atoms with Gasteiger partial charge in [-0.1, -0.05) is 6.58 Å². The lowest BCUT2D eigenvalue weighted by molar-refractivity contribution is 0.151. The van der Waals surface area contributed by atoms with Crippen molar-refractivity contribution in [3.63, 3.8) is 0 Å². The second-order valence-corrected chi connectivity index (χ2v) is 9.75. The Morgan fingerprint density at radius 2 is 1.67 bits per heavy atom. The van der Waals surface area contributed by atoms with Crippen LogP contribution in [0.3, 0.4) is 0 Å². The first-order valence-corrected chi connectivity index (χ1v) is 10.2. The smallest absolute Gasteiger partial charge is 0.404 e. The summed E-state index contributed by atoms with van der Waals surface area (Å²) in [5.74, 6) is 0. The van der Waals surface area contributed by atoms with E-state index in [1.807, 2.05) is 0 Å². The fourth-order valence-corrected chi connectivity index (χ4v) is 5.12. The number of thiophene rings is 1. The summed E-state index contributed by atoms with van der Waals surface area (Å²) in [4.78, 5) is 11.0. The fraction of sp³-hybridized carbons (Fsp3) is 0.0714. The standard InChI is InChI=1S/C14H13NO6S3/c1-2-23(17,18)11-4-6-12(7-5-11)24(19,20)13-8-3-10(22-13)9-21-14(15)16/h2-8H,1,9H2,(H2,15,16). The molecule has 24 heavy (non-hydrogen) atoms. The van der Waals surface area contributed by atoms with Crippen LogP contribution in [0.25, 0.3) is 0 Å². The number of hydrogen-bond acceptors (Lipinski definition) is 7. The Bertz CT molecular complexity index is 972. The number of nitrogens with two attached hydrogens (primary N) is 1. The molecule has 128 valence electrons. The molecule has 1 aromatic heterocycles. The van der Waals surface area contributed by atoms with Crippen LogP contribution in [0, 0.1) is 0 Å². The normalized spacial score (nSPS) is 11.8. The molecule has 0 fully saturated rings. The predicted molar refractivity (Wildman–Crippen MR) is 88.0 cm³/mol. The zero-order chi connectivity index (χ0) is 18.0. The zero-order valence-electron chi connectivity index (χ0n) is 12.2. The van der Waals surface area contributed by atoms with Crippen molar-refractivity contribution in [3.05, 3.63) is 53.3 Å². The average Bonchev–Trinajstić information content (AvgIpc) is 3.03. The number of carbonyl (C=O) groups excluding carboxylic acids is 1. The Morgan fingerprint density at radius 3 is 2.21 bits per heavy atom. The van der Waals surface area contributed by atoms with Crippen molar-refractivity contribution < 1.29 is 26.4 Å². The largest absolute Gasteiger partial charge is 0.444 e. The van der Waals surface area contributed by atoms with Crippen molar-refractivity contribution in [2.24, 2.45) is 5.73 Å². The predicted octanol–water partition coefficient (Wildman–Crippen LogP) is 2.09. The van der Waals surface area contributed by atoms with E-state index in [0.717, 1.165) is 16.7 Å². The summed E-state index contributed by atoms with van der Waals surface area (Å²) in [6.07, 6.45) is -0.952. The van der Waals surface area contributed by atoms with Crippen LogP contribution in [0.5, 0.6) is 0 Å². The van der Waals surface area contributed by atoms with Gasteiger partial charge in [0.1, 0.15) is 10.8 Å². The molecule has 0 unspecified atom stereocenters. The van der Waals surface area contributed by atoms with Gasteiger partial charge >= 0.3 is 6.09 Å². The highest BCUT2D eigenvalue weighted by atomic mass is 32.2. The zero-order valence-corrected chi connectivity index (χ0v) is 14.7. The summed E-state index contributed by atoms with van der Waals surface area (Å²) in [5.41, 5.74) is 4.85. The van der Waals surface area contributed by atoms with Crippen LogP contribution in [-0.2, 0) is 31.0 Å². The van der Waals surface area contributed by atoms with Crippen LogP contribution >= 0.6 is 11.3 Å². The third-order valence-electron chi connectivity index (χ3n) is 2.94. The number of primary amides is 1. The molecule has 0 radical (unpaired) electrons. The van der Waals surface area contributed by atoms with E-state index in [9.17, 15) is 21.6 Å². The number of sulfone groups is 2. The highest BCUT2D eigenvalue weighted by molar-refractivity contribution is 7.94. The van der Waals surface area contributed by atoms with Crippen molar-refractivity contribution in [3.8, 4) is 0 Å². The van der Waals surface area contributed by atoms with Crippen molar-refractivity contribution in [2.45, 2.75) is 20.6 Å². The molecule has 1 amide bonds. The maximum atomic E-state index is 12.5. The second-order valence-electron chi connectivity index (χ2n) is 4.51. The third kappa shape index (κ3) is 3.83. The number of carbonyl (C=O) groups is 1. The van der Waals surface area contributed by atoms with E-state index in [1.54, 1.807) is 0 Å². The molecule has 1 aromatic carbocycles. The van der Waals surface area contributed by atoms with Crippen molar-refractivity contribution in [1.29, 1.82) is 0 Å². The van der Waals surface area contributed by atoms with Gasteiger partial charge in [0.25, 0.3) is 0 Å². The van der Waals surface area contributed by atoms with Crippen molar-refractivity contribution in [2.75, 3.05) is 0 Å². The summed E-state index contributed by atoms with van der Waals surface area (Å²) < 4.78 is 53.0. The van der Waals surface area contributed by atoms with Gasteiger partial charge < -0.3 is 10.5 Å². The molecule has 10 heteroatoms. The molecule has 0 saturated carbocycles. The Kier molecular flexibility index (Phi) is 5.11. The van der Waals surface area contributed by atoms with Gasteiger partial charge in [-0.3, -0.25) is 0 Å². The summed E-state index contributed by atoms with van der Waals surface area (Å²) in [6, 6.07) is 7.73. The summed E-state index contributed by atoms with van der Waals surface area (Å²) >= 11 is 0.936. The first-order chi connectivity index (χ1) is 11.2. The molecular weight excluding hydrogens is 374 g/mol. The van der Waals surface area contributed by atoms with E-state index in [0.29, 0.717) is 4.88 Å². The highest BCUT2D eigenvalue weighted by Crippen LogP contribution is 2.29. The quantitative estimate of drug-likeness (QED) is 0.810. The lowest BCUT2D eigenvalue weighted by Crippen LogP contribution is -2.12. The van der Waals surface area contributed by atoms with Gasteiger partial charge in [-0.2, -0.15) is 0 Å². The molecule has 2 N–H and O–H groups in total. The van der Waals surface area contributed by atoms with E-state index in [1.165, 1.54) is 36.4 Å². The minimum atomic E-state index is -3.80. The topological polar surface area (TPSA) is 121 Å². The summed E-state index contributed by atoms with van der Waals surface area (Å²) in [7, 11) is -7.42. The lowest BCUT2D eigenvalue weighted by atomic mass is 10.4. The monoisotopic (exact) mass is 387 g/mol. The van der Waals surface area contributed by atoms with E-state index < -0.39 is 25.8 Å². The van der Waals surface area contributed by atoms with E-state index >= 15 is 0 Å². The number of ether oxygens (including phenoxy) is 1. The molecule has 0 aliphatic carbocycles. The molecule has 2 aromatic rings. The molecule has 0 spiro atoms. The van der Waals surface area contributed by atoms with E-state index in [-0.39, 0.29) is 20.6 Å². The lowest BCUT2D eigenvalue weighted by Gasteiger charge is -2.04. The Hall–Kier alpha value is -2.17. The minimum absolute atomic E-state index is 0.0434. The molecule has 0 aliphatic heterocycles. The molecule has 0 atom stereocenters. The molecule has 0 bridgehead atoms. The molecule has 2 rings (SSSR count). The fourth-order valence-electron chi connectivity index (χ4n) is 1.74. The highest BCUT2D eigenvalue weighted by Gasteiger charge is 2.21. The van der Waals surface area contributed by atoms with Gasteiger partial charge in [0.05, 0.1) is 9.79 Å². The number of rotatable bonds is 6. The molecule has 7 nitrogen and oxygen atoms in total. The first-order valence-electron chi connectivity index (χ1n) is 6.40. The first kappa shape index (κ1) is 18.2. The summed E-state index contributed by atoms with van der Waals surface area (Å²) in [6.45, 7) is 3.09. The van der Waals surface area contributed by atoms with Crippen LogP contribution in [0.15, 0.2) is 62.4 Å². The van der Waals surface area contributed by atoms with Crippen LogP contribution < -0.4 is 5.73 Å². The maximum Gasteiger partial charge on any atom is 0.404 e. The van der Waals surface area contributed by atoms with Gasteiger partial charge in [0.2, 0.25) is 9.84 Å². The van der Waals surface area contributed by atoms with Gasteiger partial charge in [-0.05, 0) is 36.4 Å². The Labute approximate surface area is 143 Å². The molecule has 1 heterocycles. The van der Waals surface area contributed by atoms with E-state index in [4.69, 9.17) is 5.73 Å². The van der Waals surface area contributed by atoms with Crippen molar-refractivity contribution in [1.82, 2.24) is 0 Å². The maximum absolute atomic E-state index is 12.5. The van der Waals surface area contributed by atoms with Crippen LogP contribution in [-0.4, -0.2) is 22.9 Å². The second kappa shape index (κ2) is 6.75. The number of hydrogen-bond donors (Lipinski definition) is 1. The molecular formula is C14H13NO6S3. The molecule has 0 aliphatic rings. The van der Waals surface area contributed by atoms with Crippen molar-refractivity contribution >= 4 is 37.1 Å². The van der Waals surface area contributed by atoms with Gasteiger partial charge in [0, 0.05) is 10.3 Å². The van der Waals surface area contributed by atoms with E-state index in [2.05, 4.69) is 11.3 Å². The Balaban J connectivity index is 2.31.